The number of imidazole rings is 1. The number of hydrogen-bond acceptors (Lipinski definition) is 4. The molecule has 6 nitrogen and oxygen atoms in total. The fourth-order valence-electron chi connectivity index (χ4n) is 1.62. The molecule has 0 radical (unpaired) electrons. The van der Waals surface area contributed by atoms with Gasteiger partial charge in [0.2, 0.25) is 0 Å². The van der Waals surface area contributed by atoms with Gasteiger partial charge in [-0.05, 0) is 45.0 Å². The second-order valence-corrected chi connectivity index (χ2v) is 6.28. The molecule has 2 rings (SSSR count). The molecule has 0 spiro atoms. The average Bonchev–Trinajstić information content (AvgIpc) is 2.78. The van der Waals surface area contributed by atoms with Crippen molar-refractivity contribution in [1.29, 1.82) is 0 Å². The minimum absolute atomic E-state index is 0.0394. The summed E-state index contributed by atoms with van der Waals surface area (Å²) < 4.78 is 32.1. The lowest BCUT2D eigenvalue weighted by Crippen LogP contribution is -2.13. The molecule has 108 valence electrons. The van der Waals surface area contributed by atoms with E-state index < -0.39 is 10.0 Å². The quantitative estimate of drug-likeness (QED) is 0.886. The number of aryl methyl sites for hydroxylation is 1. The fourth-order valence-corrected chi connectivity index (χ4v) is 2.65. The second-order valence-electron chi connectivity index (χ2n) is 4.63. The number of nitrogens with zero attached hydrogens (tertiary/aromatic N) is 1. The summed E-state index contributed by atoms with van der Waals surface area (Å²) in [7, 11) is -3.64. The van der Waals surface area contributed by atoms with Gasteiger partial charge in [0.25, 0.3) is 10.0 Å². The molecule has 0 amide bonds. The van der Waals surface area contributed by atoms with E-state index in [1.54, 1.807) is 31.2 Å². The predicted molar refractivity (Wildman–Crippen MR) is 76.3 cm³/mol. The number of rotatable bonds is 5. The molecule has 20 heavy (non-hydrogen) atoms. The number of aromatic nitrogens is 2. The molecule has 1 heterocycles. The Labute approximate surface area is 118 Å². The topological polar surface area (TPSA) is 84.1 Å². The number of nitrogens with one attached hydrogen (secondary N) is 2. The monoisotopic (exact) mass is 295 g/mol. The Morgan fingerprint density at radius 2 is 1.90 bits per heavy atom. The molecule has 1 aromatic carbocycles. The van der Waals surface area contributed by atoms with Crippen LogP contribution in [-0.4, -0.2) is 24.5 Å². The normalized spacial score (nSPS) is 11.6. The Balaban J connectivity index is 2.13. The Hall–Kier alpha value is -2.02. The van der Waals surface area contributed by atoms with Gasteiger partial charge < -0.3 is 9.72 Å². The van der Waals surface area contributed by atoms with Gasteiger partial charge in [0.1, 0.15) is 11.6 Å². The minimum Gasteiger partial charge on any atom is -0.491 e. The van der Waals surface area contributed by atoms with Gasteiger partial charge >= 0.3 is 0 Å². The first-order chi connectivity index (χ1) is 9.37. The van der Waals surface area contributed by atoms with E-state index in [9.17, 15) is 8.42 Å². The van der Waals surface area contributed by atoms with E-state index in [1.165, 1.54) is 6.20 Å². The summed E-state index contributed by atoms with van der Waals surface area (Å²) in [5.74, 6) is 1.24. The number of benzene rings is 1. The van der Waals surface area contributed by atoms with Crippen LogP contribution in [0.5, 0.6) is 5.75 Å². The zero-order valence-electron chi connectivity index (χ0n) is 11.5. The van der Waals surface area contributed by atoms with E-state index in [0.717, 1.165) is 0 Å². The molecule has 0 atom stereocenters. The Morgan fingerprint density at radius 3 is 2.40 bits per heavy atom. The van der Waals surface area contributed by atoms with Crippen molar-refractivity contribution in [3.05, 3.63) is 36.3 Å². The number of sulfonamides is 1. The first kappa shape index (κ1) is 14.4. The minimum atomic E-state index is -3.64. The predicted octanol–water partition coefficient (Wildman–Crippen LogP) is 2.31. The van der Waals surface area contributed by atoms with Crippen molar-refractivity contribution in [3.8, 4) is 5.75 Å². The van der Waals surface area contributed by atoms with Crippen LogP contribution in [0.3, 0.4) is 0 Å². The smallest absolute Gasteiger partial charge is 0.278 e. The van der Waals surface area contributed by atoms with Crippen molar-refractivity contribution in [3.63, 3.8) is 0 Å². The maximum absolute atomic E-state index is 12.1. The summed E-state index contributed by atoms with van der Waals surface area (Å²) in [4.78, 5) is 6.56. The Kier molecular flexibility index (Phi) is 3.99. The molecule has 0 aliphatic carbocycles. The second kappa shape index (κ2) is 5.54. The standard InChI is InChI=1S/C13H17N3O3S/c1-9(2)19-12-6-4-11(5-7-12)16-20(17,18)13-8-14-10(3)15-13/h4-9,16H,1-3H3,(H,14,15). The molecule has 2 aromatic rings. The van der Waals surface area contributed by atoms with Crippen molar-refractivity contribution in [2.75, 3.05) is 4.72 Å². The molecule has 0 saturated carbocycles. The number of anilines is 1. The van der Waals surface area contributed by atoms with Gasteiger partial charge in [-0.15, -0.1) is 0 Å². The van der Waals surface area contributed by atoms with Crippen LogP contribution in [0.4, 0.5) is 5.69 Å². The van der Waals surface area contributed by atoms with Gasteiger partial charge in [0.15, 0.2) is 5.03 Å². The van der Waals surface area contributed by atoms with Gasteiger partial charge in [-0.1, -0.05) is 0 Å². The van der Waals surface area contributed by atoms with Crippen LogP contribution in [-0.2, 0) is 10.0 Å². The van der Waals surface area contributed by atoms with Gasteiger partial charge in [-0.25, -0.2) is 4.98 Å². The van der Waals surface area contributed by atoms with Gasteiger partial charge in [-0.2, -0.15) is 8.42 Å². The fraction of sp³-hybridized carbons (Fsp3) is 0.308. The molecular weight excluding hydrogens is 278 g/mol. The highest BCUT2D eigenvalue weighted by Crippen LogP contribution is 2.19. The summed E-state index contributed by atoms with van der Waals surface area (Å²) in [5, 5.41) is 0.0394. The summed E-state index contributed by atoms with van der Waals surface area (Å²) in [6.07, 6.45) is 1.36. The highest BCUT2D eigenvalue weighted by molar-refractivity contribution is 7.92. The number of hydrogen-bond donors (Lipinski definition) is 2. The van der Waals surface area contributed by atoms with Crippen molar-refractivity contribution in [2.24, 2.45) is 0 Å². The Bertz CT molecular complexity index is 675. The van der Waals surface area contributed by atoms with Crippen LogP contribution >= 0.6 is 0 Å². The molecule has 0 aliphatic heterocycles. The summed E-state index contributed by atoms with van der Waals surface area (Å²) in [6.45, 7) is 5.55. The maximum atomic E-state index is 12.1. The van der Waals surface area contributed by atoms with E-state index in [0.29, 0.717) is 17.3 Å². The summed E-state index contributed by atoms with van der Waals surface area (Å²) >= 11 is 0. The third kappa shape index (κ3) is 3.51. The summed E-state index contributed by atoms with van der Waals surface area (Å²) in [5.41, 5.74) is 0.466. The first-order valence-corrected chi connectivity index (χ1v) is 7.66. The van der Waals surface area contributed by atoms with Gasteiger partial charge in [0.05, 0.1) is 12.3 Å². The number of H-pyrrole nitrogens is 1. The average molecular weight is 295 g/mol. The van der Waals surface area contributed by atoms with Gasteiger partial charge in [-0.3, -0.25) is 4.72 Å². The zero-order valence-corrected chi connectivity index (χ0v) is 12.4. The van der Waals surface area contributed by atoms with Crippen molar-refractivity contribution in [2.45, 2.75) is 31.9 Å². The third-order valence-corrected chi connectivity index (χ3v) is 3.74. The number of aromatic amines is 1. The molecule has 0 saturated heterocycles. The van der Waals surface area contributed by atoms with Crippen LogP contribution < -0.4 is 9.46 Å². The zero-order chi connectivity index (χ0) is 14.8. The maximum Gasteiger partial charge on any atom is 0.278 e. The molecule has 0 aliphatic rings. The van der Waals surface area contributed by atoms with Crippen molar-refractivity contribution >= 4 is 15.7 Å². The largest absolute Gasteiger partial charge is 0.491 e. The van der Waals surface area contributed by atoms with E-state index in [1.807, 2.05) is 13.8 Å². The Morgan fingerprint density at radius 1 is 1.25 bits per heavy atom. The first-order valence-electron chi connectivity index (χ1n) is 6.18. The molecule has 1 aromatic heterocycles. The van der Waals surface area contributed by atoms with E-state index in [2.05, 4.69) is 14.7 Å². The van der Waals surface area contributed by atoms with Crippen molar-refractivity contribution < 1.29 is 13.2 Å². The van der Waals surface area contributed by atoms with Crippen LogP contribution in [0.15, 0.2) is 35.5 Å². The molecule has 2 N–H and O–H groups in total. The molecule has 0 bridgehead atoms. The lowest BCUT2D eigenvalue weighted by Gasteiger charge is -2.11. The summed E-state index contributed by atoms with van der Waals surface area (Å²) in [6, 6.07) is 6.74. The third-order valence-electron chi connectivity index (χ3n) is 2.45. The van der Waals surface area contributed by atoms with E-state index in [4.69, 9.17) is 4.74 Å². The van der Waals surface area contributed by atoms with Crippen LogP contribution in [0.1, 0.15) is 19.7 Å². The van der Waals surface area contributed by atoms with Crippen molar-refractivity contribution in [1.82, 2.24) is 9.97 Å². The number of ether oxygens (including phenoxy) is 1. The highest BCUT2D eigenvalue weighted by atomic mass is 32.2. The van der Waals surface area contributed by atoms with Gasteiger partial charge in [0, 0.05) is 5.69 Å². The van der Waals surface area contributed by atoms with E-state index >= 15 is 0 Å². The molecule has 0 unspecified atom stereocenters. The van der Waals surface area contributed by atoms with Crippen LogP contribution in [0, 0.1) is 6.92 Å². The SMILES string of the molecule is Cc1ncc(S(=O)(=O)Nc2ccc(OC(C)C)cc2)[nH]1. The molecular formula is C13H17N3O3S. The van der Waals surface area contributed by atoms with E-state index in [-0.39, 0.29) is 11.1 Å². The lowest BCUT2D eigenvalue weighted by atomic mass is 10.3. The molecule has 7 heteroatoms. The molecule has 0 fully saturated rings. The van der Waals surface area contributed by atoms with Crippen LogP contribution in [0.25, 0.3) is 0 Å². The highest BCUT2D eigenvalue weighted by Gasteiger charge is 2.16. The lowest BCUT2D eigenvalue weighted by molar-refractivity contribution is 0.242. The van der Waals surface area contributed by atoms with Crippen LogP contribution in [0.2, 0.25) is 0 Å².